The number of aliphatic carboxylic acids is 1. The lowest BCUT2D eigenvalue weighted by atomic mass is 10.00. The predicted molar refractivity (Wildman–Crippen MR) is 117 cm³/mol. The van der Waals surface area contributed by atoms with Crippen LogP contribution in [-0.2, 0) is 14.3 Å². The Hall–Kier alpha value is -2.91. The zero-order chi connectivity index (χ0) is 24.2. The number of likely N-dealkylation sites (N-methyl/N-ethyl adjacent to an activating group) is 1. The Morgan fingerprint density at radius 1 is 1.28 bits per heavy atom. The lowest BCUT2D eigenvalue weighted by Gasteiger charge is -2.42. The van der Waals surface area contributed by atoms with Gasteiger partial charge in [0.1, 0.15) is 29.3 Å². The molecule has 9 nitrogen and oxygen atoms in total. The highest BCUT2D eigenvalue weighted by Gasteiger charge is 2.41. The van der Waals surface area contributed by atoms with Gasteiger partial charge in [0.15, 0.2) is 0 Å². The number of rotatable bonds is 6. The first-order valence-electron chi connectivity index (χ1n) is 10.7. The number of anilines is 1. The van der Waals surface area contributed by atoms with Crippen molar-refractivity contribution in [3.63, 3.8) is 0 Å². The quantitative estimate of drug-likeness (QED) is 0.708. The van der Waals surface area contributed by atoms with Crippen molar-refractivity contribution in [2.24, 2.45) is 5.92 Å². The summed E-state index contributed by atoms with van der Waals surface area (Å²) in [4.78, 5) is 46.4. The van der Waals surface area contributed by atoms with Crippen LogP contribution in [0.2, 0.25) is 0 Å². The van der Waals surface area contributed by atoms with Crippen LogP contribution in [0.3, 0.4) is 0 Å². The smallest absolute Gasteiger partial charge is 0.410 e. The van der Waals surface area contributed by atoms with Crippen LogP contribution < -0.4 is 4.90 Å². The van der Waals surface area contributed by atoms with Crippen molar-refractivity contribution in [3.05, 3.63) is 24.1 Å². The van der Waals surface area contributed by atoms with Crippen molar-refractivity contribution in [1.29, 1.82) is 0 Å². The molecule has 0 radical (unpaired) electrons. The number of hydrogen-bond donors (Lipinski definition) is 1. The number of pyridine rings is 1. The molecule has 1 fully saturated rings. The maximum atomic E-state index is 13.5. The van der Waals surface area contributed by atoms with E-state index in [0.29, 0.717) is 18.8 Å². The Bertz CT molecular complexity index is 825. The van der Waals surface area contributed by atoms with Gasteiger partial charge in [0, 0.05) is 20.1 Å². The van der Waals surface area contributed by atoms with E-state index in [2.05, 4.69) is 4.98 Å². The van der Waals surface area contributed by atoms with Gasteiger partial charge >= 0.3 is 12.1 Å². The van der Waals surface area contributed by atoms with E-state index in [1.54, 1.807) is 25.7 Å². The Labute approximate surface area is 188 Å². The zero-order valence-corrected chi connectivity index (χ0v) is 19.5. The van der Waals surface area contributed by atoms with Crippen LogP contribution in [0.25, 0.3) is 0 Å². The summed E-state index contributed by atoms with van der Waals surface area (Å²) in [5.74, 6) is -1.56. The standard InChI is InChI=1S/C22H33FN4O5/c1-14(2)11-16(25(6)21(31)32-22(3,4)5)19(28)27-10-9-26(13-17(27)20(29)30)18-8-7-15(23)12-24-18/h7-8,12,14,16-17H,9-11,13H2,1-6H3,(H,29,30)/t16-,17?/m0/s1. The Kier molecular flexibility index (Phi) is 8.03. The van der Waals surface area contributed by atoms with Gasteiger partial charge in [-0.05, 0) is 45.2 Å². The van der Waals surface area contributed by atoms with E-state index in [1.165, 1.54) is 29.0 Å². The third kappa shape index (κ3) is 6.54. The fourth-order valence-electron chi connectivity index (χ4n) is 3.54. The summed E-state index contributed by atoms with van der Waals surface area (Å²) in [6, 6.07) is 0.736. The molecule has 2 atom stereocenters. The normalized spacial score (nSPS) is 17.8. The molecule has 10 heteroatoms. The molecule has 1 unspecified atom stereocenters. The summed E-state index contributed by atoms with van der Waals surface area (Å²) >= 11 is 0. The second-order valence-corrected chi connectivity index (χ2v) is 9.40. The van der Waals surface area contributed by atoms with Crippen LogP contribution in [-0.4, -0.2) is 82.2 Å². The average molecular weight is 453 g/mol. The topological polar surface area (TPSA) is 103 Å². The first-order chi connectivity index (χ1) is 14.8. The summed E-state index contributed by atoms with van der Waals surface area (Å²) in [5, 5.41) is 9.82. The first-order valence-corrected chi connectivity index (χ1v) is 10.7. The molecule has 32 heavy (non-hydrogen) atoms. The molecule has 0 saturated carbocycles. The number of aromatic nitrogens is 1. The molecule has 1 aliphatic rings. The highest BCUT2D eigenvalue weighted by Crippen LogP contribution is 2.22. The molecule has 0 aliphatic carbocycles. The molecule has 1 N–H and O–H groups in total. The van der Waals surface area contributed by atoms with Crippen molar-refractivity contribution >= 4 is 23.8 Å². The third-order valence-corrected chi connectivity index (χ3v) is 5.11. The van der Waals surface area contributed by atoms with Gasteiger partial charge in [-0.1, -0.05) is 13.8 Å². The maximum absolute atomic E-state index is 13.5. The molecule has 0 spiro atoms. The highest BCUT2D eigenvalue weighted by molar-refractivity contribution is 5.90. The summed E-state index contributed by atoms with van der Waals surface area (Å²) < 4.78 is 18.6. The molecule has 178 valence electrons. The monoisotopic (exact) mass is 452 g/mol. The number of hydrogen-bond acceptors (Lipinski definition) is 6. The van der Waals surface area contributed by atoms with Crippen LogP contribution in [0.15, 0.2) is 18.3 Å². The van der Waals surface area contributed by atoms with E-state index >= 15 is 0 Å². The number of carbonyl (C=O) groups is 3. The summed E-state index contributed by atoms with van der Waals surface area (Å²) in [6.07, 6.45) is 0.787. The molecular formula is C22H33FN4O5. The van der Waals surface area contributed by atoms with Gasteiger partial charge in [0.2, 0.25) is 5.91 Å². The van der Waals surface area contributed by atoms with Gasteiger partial charge in [0.25, 0.3) is 0 Å². The van der Waals surface area contributed by atoms with Gasteiger partial charge < -0.3 is 19.6 Å². The number of halogens is 1. The Balaban J connectivity index is 2.24. The minimum Gasteiger partial charge on any atom is -0.480 e. The maximum Gasteiger partial charge on any atom is 0.410 e. The molecule has 1 aromatic rings. The highest BCUT2D eigenvalue weighted by atomic mass is 19.1. The van der Waals surface area contributed by atoms with Crippen LogP contribution in [0, 0.1) is 11.7 Å². The van der Waals surface area contributed by atoms with E-state index in [0.717, 1.165) is 6.20 Å². The largest absolute Gasteiger partial charge is 0.480 e. The SMILES string of the molecule is CC(C)C[C@@H](C(=O)N1CCN(c2ccc(F)cn2)CC1C(=O)O)N(C)C(=O)OC(C)(C)C. The number of ether oxygens (including phenoxy) is 1. The minimum atomic E-state index is -1.16. The van der Waals surface area contributed by atoms with Crippen molar-refractivity contribution in [3.8, 4) is 0 Å². The van der Waals surface area contributed by atoms with Crippen molar-refractivity contribution in [1.82, 2.24) is 14.8 Å². The second-order valence-electron chi connectivity index (χ2n) is 9.40. The molecular weight excluding hydrogens is 419 g/mol. The fourth-order valence-corrected chi connectivity index (χ4v) is 3.54. The number of carbonyl (C=O) groups excluding carboxylic acids is 2. The van der Waals surface area contributed by atoms with Crippen LogP contribution in [0.1, 0.15) is 41.0 Å². The van der Waals surface area contributed by atoms with E-state index in [9.17, 15) is 23.9 Å². The Morgan fingerprint density at radius 2 is 1.94 bits per heavy atom. The molecule has 2 rings (SSSR count). The number of carboxylic acids is 1. The van der Waals surface area contributed by atoms with Crippen molar-refractivity contribution in [2.45, 2.75) is 58.7 Å². The molecule has 0 bridgehead atoms. The zero-order valence-electron chi connectivity index (χ0n) is 19.5. The molecule has 2 heterocycles. The van der Waals surface area contributed by atoms with E-state index in [4.69, 9.17) is 4.74 Å². The van der Waals surface area contributed by atoms with Gasteiger partial charge in [-0.2, -0.15) is 0 Å². The molecule has 1 aromatic heterocycles. The van der Waals surface area contributed by atoms with Gasteiger partial charge in [-0.25, -0.2) is 19.0 Å². The van der Waals surface area contributed by atoms with Gasteiger partial charge in [-0.3, -0.25) is 9.69 Å². The van der Waals surface area contributed by atoms with Crippen molar-refractivity contribution in [2.75, 3.05) is 31.6 Å². The summed E-state index contributed by atoms with van der Waals surface area (Å²) in [5.41, 5.74) is -0.728. The van der Waals surface area contributed by atoms with Gasteiger partial charge in [0.05, 0.1) is 12.7 Å². The first kappa shape index (κ1) is 25.4. The van der Waals surface area contributed by atoms with E-state index < -0.39 is 41.5 Å². The van der Waals surface area contributed by atoms with Crippen molar-refractivity contribution < 1.29 is 28.6 Å². The second kappa shape index (κ2) is 10.1. The fraction of sp³-hybridized carbons (Fsp3) is 0.636. The molecule has 1 saturated heterocycles. The Morgan fingerprint density at radius 3 is 2.44 bits per heavy atom. The average Bonchev–Trinajstić information content (AvgIpc) is 2.69. The third-order valence-electron chi connectivity index (χ3n) is 5.11. The number of piperazine rings is 1. The summed E-state index contributed by atoms with van der Waals surface area (Å²) in [7, 11) is 1.49. The van der Waals surface area contributed by atoms with Gasteiger partial charge in [-0.15, -0.1) is 0 Å². The molecule has 1 aliphatic heterocycles. The van der Waals surface area contributed by atoms with E-state index in [-0.39, 0.29) is 19.0 Å². The lowest BCUT2D eigenvalue weighted by Crippen LogP contribution is -2.62. The lowest BCUT2D eigenvalue weighted by molar-refractivity contribution is -0.153. The van der Waals surface area contributed by atoms with Crippen LogP contribution >= 0.6 is 0 Å². The van der Waals surface area contributed by atoms with E-state index in [1.807, 2.05) is 13.8 Å². The number of nitrogens with zero attached hydrogens (tertiary/aromatic N) is 4. The van der Waals surface area contributed by atoms with Crippen LogP contribution in [0.4, 0.5) is 15.0 Å². The molecule has 2 amide bonds. The number of carboxylic acid groups (broad SMARTS) is 1. The predicted octanol–water partition coefficient (Wildman–Crippen LogP) is 2.60. The summed E-state index contributed by atoms with van der Waals surface area (Å²) in [6.45, 7) is 9.53. The van der Waals surface area contributed by atoms with Crippen LogP contribution in [0.5, 0.6) is 0 Å². The number of amides is 2. The minimum absolute atomic E-state index is 0.00422. The molecule has 0 aromatic carbocycles.